The summed E-state index contributed by atoms with van der Waals surface area (Å²) in [6.45, 7) is 4.17. The van der Waals surface area contributed by atoms with Crippen molar-refractivity contribution in [3.63, 3.8) is 0 Å². The van der Waals surface area contributed by atoms with Crippen molar-refractivity contribution in [1.82, 2.24) is 15.1 Å². The van der Waals surface area contributed by atoms with Crippen LogP contribution in [0.1, 0.15) is 40.3 Å². The lowest BCUT2D eigenvalue weighted by Crippen LogP contribution is -2.26. The lowest BCUT2D eigenvalue weighted by Gasteiger charge is -2.12. The molecule has 0 radical (unpaired) electrons. The van der Waals surface area contributed by atoms with Gasteiger partial charge in [0.05, 0.1) is 24.3 Å². The van der Waals surface area contributed by atoms with E-state index in [0.29, 0.717) is 11.3 Å². The van der Waals surface area contributed by atoms with E-state index in [-0.39, 0.29) is 18.5 Å². The first-order valence-electron chi connectivity index (χ1n) is 6.09. The summed E-state index contributed by atoms with van der Waals surface area (Å²) < 4.78 is 6.93. The Kier molecular flexibility index (Phi) is 3.71. The molecule has 2 aromatic rings. The van der Waals surface area contributed by atoms with Gasteiger partial charge in [0.2, 0.25) is 0 Å². The maximum absolute atomic E-state index is 12.0. The molecule has 0 aliphatic carbocycles. The second-order valence-electron chi connectivity index (χ2n) is 4.51. The zero-order valence-electron chi connectivity index (χ0n) is 11.3. The lowest BCUT2D eigenvalue weighted by atomic mass is 10.1. The van der Waals surface area contributed by atoms with Crippen LogP contribution in [0.3, 0.4) is 0 Å². The Balaban J connectivity index is 2.08. The molecule has 0 bridgehead atoms. The lowest BCUT2D eigenvalue weighted by molar-refractivity contribution is 0.0939. The second-order valence-corrected chi connectivity index (χ2v) is 4.51. The molecule has 2 heterocycles. The Labute approximate surface area is 111 Å². The molecule has 0 saturated carbocycles. The Morgan fingerprint density at radius 1 is 1.63 bits per heavy atom. The van der Waals surface area contributed by atoms with E-state index in [1.807, 2.05) is 20.9 Å². The summed E-state index contributed by atoms with van der Waals surface area (Å²) in [4.78, 5) is 12.0. The van der Waals surface area contributed by atoms with Gasteiger partial charge in [-0.05, 0) is 19.9 Å². The molecule has 0 fully saturated rings. The molecular formula is C13H18N4O2. The summed E-state index contributed by atoms with van der Waals surface area (Å²) in [6.07, 6.45) is 3.18. The van der Waals surface area contributed by atoms with Gasteiger partial charge in [-0.25, -0.2) is 0 Å². The highest BCUT2D eigenvalue weighted by Crippen LogP contribution is 2.17. The first-order valence-corrected chi connectivity index (χ1v) is 6.09. The van der Waals surface area contributed by atoms with Crippen LogP contribution in [0.4, 0.5) is 0 Å². The molecule has 1 amide bonds. The van der Waals surface area contributed by atoms with E-state index in [4.69, 9.17) is 10.2 Å². The van der Waals surface area contributed by atoms with Gasteiger partial charge in [0.25, 0.3) is 5.91 Å². The molecule has 0 aliphatic heterocycles. The molecule has 1 atom stereocenters. The minimum Gasteiger partial charge on any atom is -0.467 e. The molecule has 0 spiro atoms. The summed E-state index contributed by atoms with van der Waals surface area (Å²) in [5.41, 5.74) is 7.95. The van der Waals surface area contributed by atoms with Crippen molar-refractivity contribution in [3.8, 4) is 0 Å². The number of aromatic nitrogens is 2. The van der Waals surface area contributed by atoms with Gasteiger partial charge in [-0.2, -0.15) is 5.10 Å². The Morgan fingerprint density at radius 3 is 2.89 bits per heavy atom. The predicted molar refractivity (Wildman–Crippen MR) is 70.4 cm³/mol. The number of nitrogens with one attached hydrogen (secondary N) is 1. The third-order valence-corrected chi connectivity index (χ3v) is 3.20. The molecule has 1 unspecified atom stereocenters. The summed E-state index contributed by atoms with van der Waals surface area (Å²) in [5, 5.41) is 7.08. The van der Waals surface area contributed by atoms with Gasteiger partial charge in [-0.1, -0.05) is 0 Å². The Hall–Kier alpha value is -2.08. The summed E-state index contributed by atoms with van der Waals surface area (Å²) >= 11 is 0. The molecule has 2 rings (SSSR count). The quantitative estimate of drug-likeness (QED) is 0.868. The van der Waals surface area contributed by atoms with E-state index >= 15 is 0 Å². The minimum absolute atomic E-state index is 0.113. The van der Waals surface area contributed by atoms with Crippen LogP contribution >= 0.6 is 0 Å². The highest BCUT2D eigenvalue weighted by molar-refractivity contribution is 5.94. The molecule has 6 nitrogen and oxygen atoms in total. The SMILES string of the molecule is Cc1c(C(C)NC(=O)c2coc(CN)c2)cnn1C. The smallest absolute Gasteiger partial charge is 0.255 e. The van der Waals surface area contributed by atoms with Gasteiger partial charge in [-0.3, -0.25) is 9.48 Å². The molecule has 19 heavy (non-hydrogen) atoms. The number of aryl methyl sites for hydroxylation is 1. The summed E-state index contributed by atoms with van der Waals surface area (Å²) in [7, 11) is 1.87. The normalized spacial score (nSPS) is 12.4. The fourth-order valence-electron chi connectivity index (χ4n) is 1.91. The van der Waals surface area contributed by atoms with E-state index < -0.39 is 0 Å². The topological polar surface area (TPSA) is 86.1 Å². The third kappa shape index (κ3) is 2.68. The molecular weight excluding hydrogens is 244 g/mol. The van der Waals surface area contributed by atoms with Gasteiger partial charge in [0.15, 0.2) is 0 Å². The average molecular weight is 262 g/mol. The number of hydrogen-bond donors (Lipinski definition) is 2. The minimum atomic E-state index is -0.181. The van der Waals surface area contributed by atoms with Crippen LogP contribution in [-0.2, 0) is 13.6 Å². The number of carbonyl (C=O) groups is 1. The third-order valence-electron chi connectivity index (χ3n) is 3.20. The molecule has 3 N–H and O–H groups in total. The number of amides is 1. The first kappa shape index (κ1) is 13.4. The summed E-state index contributed by atoms with van der Waals surface area (Å²) in [6, 6.07) is 1.54. The van der Waals surface area contributed by atoms with Crippen LogP contribution in [-0.4, -0.2) is 15.7 Å². The number of carbonyl (C=O) groups excluding carboxylic acids is 1. The van der Waals surface area contributed by atoms with Crippen molar-refractivity contribution in [2.75, 3.05) is 0 Å². The monoisotopic (exact) mass is 262 g/mol. The Morgan fingerprint density at radius 2 is 2.37 bits per heavy atom. The summed E-state index contributed by atoms with van der Waals surface area (Å²) in [5.74, 6) is 0.412. The number of hydrogen-bond acceptors (Lipinski definition) is 4. The highest BCUT2D eigenvalue weighted by Gasteiger charge is 2.16. The van der Waals surface area contributed by atoms with Crippen molar-refractivity contribution in [2.24, 2.45) is 12.8 Å². The molecule has 0 aromatic carbocycles. The fourth-order valence-corrected chi connectivity index (χ4v) is 1.91. The van der Waals surface area contributed by atoms with Crippen LogP contribution in [0, 0.1) is 6.92 Å². The number of furan rings is 1. The highest BCUT2D eigenvalue weighted by atomic mass is 16.3. The van der Waals surface area contributed by atoms with Gasteiger partial charge in [0, 0.05) is 18.3 Å². The standard InChI is InChI=1S/C13H18N4O2/c1-8(12-6-15-17(3)9(12)2)16-13(18)10-4-11(5-14)19-7-10/h4,6-8H,5,14H2,1-3H3,(H,16,18). The van der Waals surface area contributed by atoms with E-state index in [1.54, 1.807) is 16.9 Å². The van der Waals surface area contributed by atoms with Gasteiger partial charge < -0.3 is 15.5 Å². The molecule has 0 aliphatic rings. The van der Waals surface area contributed by atoms with E-state index in [0.717, 1.165) is 11.3 Å². The second kappa shape index (κ2) is 5.27. The first-order chi connectivity index (χ1) is 9.02. The maximum atomic E-state index is 12.0. The van der Waals surface area contributed by atoms with Crippen LogP contribution in [0.5, 0.6) is 0 Å². The number of rotatable bonds is 4. The fraction of sp³-hybridized carbons (Fsp3) is 0.385. The van der Waals surface area contributed by atoms with Gasteiger partial charge in [-0.15, -0.1) is 0 Å². The van der Waals surface area contributed by atoms with Crippen molar-refractivity contribution in [1.29, 1.82) is 0 Å². The average Bonchev–Trinajstić information content (AvgIpc) is 2.98. The number of nitrogens with two attached hydrogens (primary N) is 1. The molecule has 2 aromatic heterocycles. The van der Waals surface area contributed by atoms with Crippen molar-refractivity contribution >= 4 is 5.91 Å². The molecule has 0 saturated heterocycles. The van der Waals surface area contributed by atoms with Crippen LogP contribution < -0.4 is 11.1 Å². The zero-order valence-corrected chi connectivity index (χ0v) is 11.3. The predicted octanol–water partition coefficient (Wildman–Crippen LogP) is 1.27. The largest absolute Gasteiger partial charge is 0.467 e. The van der Waals surface area contributed by atoms with Gasteiger partial charge >= 0.3 is 0 Å². The maximum Gasteiger partial charge on any atom is 0.255 e. The van der Waals surface area contributed by atoms with Gasteiger partial charge in [0.1, 0.15) is 12.0 Å². The van der Waals surface area contributed by atoms with Crippen LogP contribution in [0.2, 0.25) is 0 Å². The van der Waals surface area contributed by atoms with Crippen LogP contribution in [0.15, 0.2) is 22.9 Å². The number of nitrogens with zero attached hydrogens (tertiary/aromatic N) is 2. The molecule has 6 heteroatoms. The Bertz CT molecular complexity index is 585. The molecule has 102 valence electrons. The van der Waals surface area contributed by atoms with Crippen molar-refractivity contribution in [2.45, 2.75) is 26.4 Å². The van der Waals surface area contributed by atoms with Crippen molar-refractivity contribution in [3.05, 3.63) is 41.1 Å². The van der Waals surface area contributed by atoms with E-state index in [1.165, 1.54) is 6.26 Å². The van der Waals surface area contributed by atoms with E-state index in [2.05, 4.69) is 10.4 Å². The van der Waals surface area contributed by atoms with Crippen LogP contribution in [0.25, 0.3) is 0 Å². The van der Waals surface area contributed by atoms with E-state index in [9.17, 15) is 4.79 Å². The van der Waals surface area contributed by atoms with Crippen molar-refractivity contribution < 1.29 is 9.21 Å². The zero-order chi connectivity index (χ0) is 14.0.